The lowest BCUT2D eigenvalue weighted by molar-refractivity contribution is 0.0519. The summed E-state index contributed by atoms with van der Waals surface area (Å²) < 4.78 is 10.9. The number of rotatable bonds is 8. The minimum Gasteiger partial charge on any atom is -0.487 e. The van der Waals surface area contributed by atoms with Crippen molar-refractivity contribution in [1.29, 1.82) is 0 Å². The molecule has 6 nitrogen and oxygen atoms in total. The maximum atomic E-state index is 12.8. The molecule has 1 N–H and O–H groups in total. The van der Waals surface area contributed by atoms with Gasteiger partial charge in [0.15, 0.2) is 5.78 Å². The predicted molar refractivity (Wildman–Crippen MR) is 115 cm³/mol. The number of allylic oxidation sites excluding steroid dienone is 1. The van der Waals surface area contributed by atoms with E-state index in [9.17, 15) is 9.59 Å². The number of carbonyl (C=O) groups is 2. The first-order valence-electron chi connectivity index (χ1n) is 9.71. The van der Waals surface area contributed by atoms with Gasteiger partial charge in [0, 0.05) is 23.0 Å². The Balaban J connectivity index is 1.78. The van der Waals surface area contributed by atoms with Gasteiger partial charge in [-0.2, -0.15) is 0 Å². The molecular formula is C24H24N2O4. The molecule has 3 aromatic rings. The van der Waals surface area contributed by atoms with Crippen LogP contribution in [0, 0.1) is 13.8 Å². The van der Waals surface area contributed by atoms with E-state index in [1.807, 2.05) is 42.5 Å². The maximum Gasteiger partial charge on any atom is 0.355 e. The van der Waals surface area contributed by atoms with E-state index in [-0.39, 0.29) is 12.4 Å². The molecule has 0 bridgehead atoms. The summed E-state index contributed by atoms with van der Waals surface area (Å²) in [6.07, 6.45) is 4.92. The number of ether oxygens (including phenoxy) is 2. The molecule has 0 unspecified atom stereocenters. The van der Waals surface area contributed by atoms with Crippen LogP contribution in [0.2, 0.25) is 0 Å². The zero-order valence-corrected chi connectivity index (χ0v) is 17.3. The highest BCUT2D eigenvalue weighted by molar-refractivity contribution is 6.10. The number of carbonyl (C=O) groups excluding carboxylic acids is 2. The second kappa shape index (κ2) is 9.69. The number of aromatic amines is 1. The van der Waals surface area contributed by atoms with Crippen LogP contribution in [0.4, 0.5) is 0 Å². The molecule has 0 amide bonds. The molecular weight excluding hydrogens is 380 g/mol. The average molecular weight is 404 g/mol. The molecule has 0 aliphatic rings. The third kappa shape index (κ3) is 4.84. The number of benzene rings is 1. The maximum absolute atomic E-state index is 12.8. The number of para-hydroxylation sites is 1. The van der Waals surface area contributed by atoms with Crippen molar-refractivity contribution < 1.29 is 19.1 Å². The molecule has 2 heterocycles. The Hall–Kier alpha value is -3.67. The summed E-state index contributed by atoms with van der Waals surface area (Å²) in [5.41, 5.74) is 3.59. The van der Waals surface area contributed by atoms with E-state index in [0.717, 1.165) is 11.3 Å². The zero-order valence-electron chi connectivity index (χ0n) is 17.3. The largest absolute Gasteiger partial charge is 0.487 e. The first kappa shape index (κ1) is 21.0. The molecule has 3 rings (SSSR count). The van der Waals surface area contributed by atoms with Crippen LogP contribution < -0.4 is 4.74 Å². The molecule has 0 saturated heterocycles. The van der Waals surface area contributed by atoms with Crippen molar-refractivity contribution >= 4 is 17.8 Å². The molecule has 6 heteroatoms. The fraction of sp³-hybridized carbons (Fsp3) is 0.208. The molecule has 0 saturated carbocycles. The van der Waals surface area contributed by atoms with Gasteiger partial charge in [0.25, 0.3) is 0 Å². The van der Waals surface area contributed by atoms with E-state index in [1.165, 1.54) is 6.08 Å². The van der Waals surface area contributed by atoms with Gasteiger partial charge in [0.1, 0.15) is 18.1 Å². The summed E-state index contributed by atoms with van der Waals surface area (Å²) in [6, 6.07) is 13.1. The first-order chi connectivity index (χ1) is 14.5. The number of hydrogen-bond donors (Lipinski definition) is 1. The van der Waals surface area contributed by atoms with Crippen LogP contribution in [0.15, 0.2) is 54.7 Å². The van der Waals surface area contributed by atoms with Crippen molar-refractivity contribution in [2.75, 3.05) is 6.61 Å². The summed E-state index contributed by atoms with van der Waals surface area (Å²) in [5.74, 6) is -0.00680. The van der Waals surface area contributed by atoms with Gasteiger partial charge in [-0.3, -0.25) is 9.78 Å². The second-order valence-corrected chi connectivity index (χ2v) is 6.69. The highest BCUT2D eigenvalue weighted by Gasteiger charge is 2.21. The number of hydrogen-bond acceptors (Lipinski definition) is 5. The summed E-state index contributed by atoms with van der Waals surface area (Å²) in [7, 11) is 0. The molecule has 0 fully saturated rings. The number of aromatic nitrogens is 2. The van der Waals surface area contributed by atoms with Crippen LogP contribution in [0.3, 0.4) is 0 Å². The third-order valence-electron chi connectivity index (χ3n) is 4.60. The number of H-pyrrole nitrogens is 1. The van der Waals surface area contributed by atoms with Crippen LogP contribution >= 0.6 is 0 Å². The third-order valence-corrected chi connectivity index (χ3v) is 4.60. The minimum atomic E-state index is -0.464. The Labute approximate surface area is 175 Å². The lowest BCUT2D eigenvalue weighted by atomic mass is 10.0. The second-order valence-electron chi connectivity index (χ2n) is 6.69. The average Bonchev–Trinajstić information content (AvgIpc) is 3.06. The smallest absolute Gasteiger partial charge is 0.355 e. The normalized spacial score (nSPS) is 10.9. The fourth-order valence-electron chi connectivity index (χ4n) is 3.16. The van der Waals surface area contributed by atoms with E-state index in [0.29, 0.717) is 34.9 Å². The quantitative estimate of drug-likeness (QED) is 0.335. The zero-order chi connectivity index (χ0) is 21.5. The lowest BCUT2D eigenvalue weighted by Crippen LogP contribution is -2.07. The van der Waals surface area contributed by atoms with Gasteiger partial charge in [-0.1, -0.05) is 24.3 Å². The van der Waals surface area contributed by atoms with Crippen LogP contribution in [-0.4, -0.2) is 28.3 Å². The highest BCUT2D eigenvalue weighted by atomic mass is 16.5. The number of nitrogens with zero attached hydrogens (tertiary/aromatic N) is 1. The van der Waals surface area contributed by atoms with Gasteiger partial charge in [-0.25, -0.2) is 4.79 Å². The van der Waals surface area contributed by atoms with Gasteiger partial charge in [-0.15, -0.1) is 0 Å². The van der Waals surface area contributed by atoms with Crippen molar-refractivity contribution in [1.82, 2.24) is 9.97 Å². The Morgan fingerprint density at radius 1 is 1.10 bits per heavy atom. The van der Waals surface area contributed by atoms with Crippen molar-refractivity contribution in [3.05, 3.63) is 88.5 Å². The molecule has 0 aliphatic heterocycles. The van der Waals surface area contributed by atoms with Gasteiger partial charge in [0.2, 0.25) is 0 Å². The molecule has 2 aromatic heterocycles. The number of esters is 1. The number of aryl methyl sites for hydroxylation is 1. The van der Waals surface area contributed by atoms with E-state index >= 15 is 0 Å². The predicted octanol–water partition coefficient (Wildman–Crippen LogP) is 4.68. The Morgan fingerprint density at radius 2 is 1.87 bits per heavy atom. The Bertz CT molecular complexity index is 1070. The standard InChI is InChI=1S/C24H24N2O4/c1-4-29-24(28)23-16(2)22(17(3)26-23)20(27)13-12-18-9-5-6-11-21(18)30-15-19-10-7-8-14-25-19/h5-14,26H,4,15H2,1-3H3. The highest BCUT2D eigenvalue weighted by Crippen LogP contribution is 2.23. The van der Waals surface area contributed by atoms with Crippen LogP contribution in [0.1, 0.15) is 50.3 Å². The van der Waals surface area contributed by atoms with E-state index < -0.39 is 5.97 Å². The van der Waals surface area contributed by atoms with Crippen LogP contribution in [-0.2, 0) is 11.3 Å². The van der Waals surface area contributed by atoms with E-state index in [1.54, 1.807) is 33.0 Å². The molecule has 30 heavy (non-hydrogen) atoms. The summed E-state index contributed by atoms with van der Waals surface area (Å²) in [5, 5.41) is 0. The van der Waals surface area contributed by atoms with Crippen molar-refractivity contribution in [3.8, 4) is 5.75 Å². The number of pyridine rings is 1. The molecule has 0 atom stereocenters. The summed E-state index contributed by atoms with van der Waals surface area (Å²) >= 11 is 0. The van der Waals surface area contributed by atoms with E-state index in [4.69, 9.17) is 9.47 Å². The molecule has 1 aromatic carbocycles. The molecule has 0 spiro atoms. The number of ketones is 1. The van der Waals surface area contributed by atoms with Crippen molar-refractivity contribution in [2.24, 2.45) is 0 Å². The van der Waals surface area contributed by atoms with Gasteiger partial charge < -0.3 is 14.5 Å². The first-order valence-corrected chi connectivity index (χ1v) is 9.71. The molecule has 0 aliphatic carbocycles. The lowest BCUT2D eigenvalue weighted by Gasteiger charge is -2.08. The summed E-state index contributed by atoms with van der Waals surface area (Å²) in [6.45, 7) is 5.85. The van der Waals surface area contributed by atoms with Crippen LogP contribution in [0.25, 0.3) is 6.08 Å². The van der Waals surface area contributed by atoms with Gasteiger partial charge in [0.05, 0.1) is 12.3 Å². The SMILES string of the molecule is CCOC(=O)c1[nH]c(C)c(C(=O)C=Cc2ccccc2OCc2ccccn2)c1C. The Morgan fingerprint density at radius 3 is 2.60 bits per heavy atom. The monoisotopic (exact) mass is 404 g/mol. The van der Waals surface area contributed by atoms with Gasteiger partial charge >= 0.3 is 5.97 Å². The summed E-state index contributed by atoms with van der Waals surface area (Å²) in [4.78, 5) is 32.1. The molecule has 154 valence electrons. The van der Waals surface area contributed by atoms with Crippen LogP contribution in [0.5, 0.6) is 5.75 Å². The number of nitrogens with one attached hydrogen (secondary N) is 1. The van der Waals surface area contributed by atoms with Gasteiger partial charge in [-0.05, 0) is 56.7 Å². The minimum absolute atomic E-state index is 0.198. The topological polar surface area (TPSA) is 81.3 Å². The molecule has 0 radical (unpaired) electrons. The fourth-order valence-corrected chi connectivity index (χ4v) is 3.16. The van der Waals surface area contributed by atoms with E-state index in [2.05, 4.69) is 9.97 Å². The van der Waals surface area contributed by atoms with Crippen molar-refractivity contribution in [3.63, 3.8) is 0 Å². The van der Waals surface area contributed by atoms with Crippen molar-refractivity contribution in [2.45, 2.75) is 27.4 Å². The Kier molecular flexibility index (Phi) is 6.80.